The first kappa shape index (κ1) is 32.6. The van der Waals surface area contributed by atoms with Gasteiger partial charge in [0.05, 0.1) is 12.3 Å². The Bertz CT molecular complexity index is 989. The highest BCUT2D eigenvalue weighted by Gasteiger charge is 2.59. The third-order valence-electron chi connectivity index (χ3n) is 12.7. The number of aliphatic carboxylic acids is 1. The monoisotopic (exact) mass is 588 g/mol. The molecule has 10 atom stereocenters. The molecule has 232 valence electrons. The van der Waals surface area contributed by atoms with Gasteiger partial charge in [-0.25, -0.2) is 0 Å². The van der Waals surface area contributed by atoms with E-state index in [1.807, 2.05) is 0 Å². The van der Waals surface area contributed by atoms with E-state index in [-0.39, 0.29) is 17.9 Å². The van der Waals surface area contributed by atoms with Gasteiger partial charge in [-0.2, -0.15) is 0 Å². The zero-order valence-electron chi connectivity index (χ0n) is 26.5. The fourth-order valence-corrected chi connectivity index (χ4v) is 10.5. The minimum Gasteiger partial charge on any atom is -0.481 e. The van der Waals surface area contributed by atoms with Crippen molar-refractivity contribution >= 4 is 29.7 Å². The standard InChI is InChI=1S/C35H56O5S/c1-7-23(21(2)3)9-8-22(4)28-12-13-29-27-11-10-25-20-26(40-33(39)24(18-31(36)37)19-32(38)41)14-16-34(25,5)30(27)15-17-35(28,29)6/h10,21-24,26-30H,7-9,11-20H2,1-6H3,(H,36,37)(H,38,41)/t22-,23-,24?,26+,27+,28-,29+,30+,34+,35-/m1/s1. The number of carboxylic acid groups (broad SMARTS) is 1. The van der Waals surface area contributed by atoms with Gasteiger partial charge >= 0.3 is 11.9 Å². The fraction of sp³-hybridized carbons (Fsp3) is 0.857. The zero-order valence-corrected chi connectivity index (χ0v) is 27.4. The second kappa shape index (κ2) is 13.1. The lowest BCUT2D eigenvalue weighted by Gasteiger charge is -2.58. The Morgan fingerprint density at radius 2 is 1.76 bits per heavy atom. The number of fused-ring (bicyclic) bond motifs is 5. The van der Waals surface area contributed by atoms with Gasteiger partial charge in [0.25, 0.3) is 0 Å². The quantitative estimate of drug-likeness (QED) is 0.136. The number of hydrogen-bond donors (Lipinski definition) is 2. The van der Waals surface area contributed by atoms with Crippen molar-refractivity contribution in [2.24, 2.45) is 58.2 Å². The van der Waals surface area contributed by atoms with Crippen LogP contribution in [0, 0.1) is 58.2 Å². The molecule has 0 aromatic heterocycles. The van der Waals surface area contributed by atoms with E-state index in [9.17, 15) is 19.5 Å². The molecule has 5 nitrogen and oxygen atoms in total. The largest absolute Gasteiger partial charge is 0.481 e. The molecule has 0 aromatic rings. The number of rotatable bonds is 12. The number of hydrogen-bond acceptors (Lipinski definition) is 4. The fourth-order valence-electron chi connectivity index (χ4n) is 10.3. The van der Waals surface area contributed by atoms with Crippen LogP contribution in [0.25, 0.3) is 0 Å². The molecule has 0 radical (unpaired) electrons. The van der Waals surface area contributed by atoms with E-state index in [0.717, 1.165) is 61.2 Å². The van der Waals surface area contributed by atoms with E-state index in [2.05, 4.69) is 60.2 Å². The lowest BCUT2D eigenvalue weighted by Crippen LogP contribution is -2.51. The predicted octanol–water partition coefficient (Wildman–Crippen LogP) is 8.51. The van der Waals surface area contributed by atoms with E-state index in [0.29, 0.717) is 11.3 Å². The van der Waals surface area contributed by atoms with Crippen LogP contribution in [0.3, 0.4) is 0 Å². The van der Waals surface area contributed by atoms with Gasteiger partial charge in [-0.1, -0.05) is 66.0 Å². The molecule has 0 heterocycles. The van der Waals surface area contributed by atoms with E-state index >= 15 is 0 Å². The molecule has 0 amide bonds. The van der Waals surface area contributed by atoms with Crippen molar-refractivity contribution in [2.75, 3.05) is 0 Å². The molecule has 0 aromatic carbocycles. The Kier molecular flexibility index (Phi) is 10.5. The summed E-state index contributed by atoms with van der Waals surface area (Å²) in [4.78, 5) is 35.6. The molecule has 41 heavy (non-hydrogen) atoms. The molecule has 3 saturated carbocycles. The maximum absolute atomic E-state index is 12.8. The van der Waals surface area contributed by atoms with Gasteiger partial charge in [-0.15, -0.1) is 12.6 Å². The van der Waals surface area contributed by atoms with Crippen LogP contribution < -0.4 is 0 Å². The number of thiol groups is 1. The third kappa shape index (κ3) is 6.78. The Morgan fingerprint density at radius 3 is 2.39 bits per heavy atom. The number of carbonyl (C=O) groups excluding carboxylic acids is 2. The van der Waals surface area contributed by atoms with Crippen LogP contribution in [0.5, 0.6) is 0 Å². The Balaban J connectivity index is 1.41. The highest BCUT2D eigenvalue weighted by atomic mass is 32.1. The van der Waals surface area contributed by atoms with E-state index in [4.69, 9.17) is 4.74 Å². The number of esters is 1. The Morgan fingerprint density at radius 1 is 1.02 bits per heavy atom. The average Bonchev–Trinajstić information content (AvgIpc) is 3.25. The van der Waals surface area contributed by atoms with Gasteiger partial charge in [0.15, 0.2) is 5.12 Å². The lowest BCUT2D eigenvalue weighted by molar-refractivity contribution is -0.160. The topological polar surface area (TPSA) is 80.7 Å². The first-order valence-electron chi connectivity index (χ1n) is 16.6. The van der Waals surface area contributed by atoms with Crippen molar-refractivity contribution in [3.63, 3.8) is 0 Å². The molecule has 4 rings (SSSR count). The number of allylic oxidation sites excluding steroid dienone is 1. The van der Waals surface area contributed by atoms with Crippen LogP contribution in [-0.4, -0.2) is 28.3 Å². The molecular formula is C35H56O5S. The normalized spacial score (nSPS) is 36.8. The molecule has 4 aliphatic carbocycles. The second-order valence-electron chi connectivity index (χ2n) is 15.1. The van der Waals surface area contributed by atoms with E-state index in [1.165, 1.54) is 50.5 Å². The number of carbonyl (C=O) groups is 3. The van der Waals surface area contributed by atoms with Crippen LogP contribution in [0.15, 0.2) is 11.6 Å². The molecule has 4 aliphatic rings. The molecular weight excluding hydrogens is 532 g/mol. The third-order valence-corrected chi connectivity index (χ3v) is 12.9. The average molecular weight is 589 g/mol. The summed E-state index contributed by atoms with van der Waals surface area (Å²) in [5, 5.41) is 8.72. The molecule has 0 saturated heterocycles. The Hall–Kier alpha value is -1.30. The second-order valence-corrected chi connectivity index (χ2v) is 15.6. The molecule has 3 fully saturated rings. The van der Waals surface area contributed by atoms with Crippen molar-refractivity contribution in [3.8, 4) is 0 Å². The highest BCUT2D eigenvalue weighted by Crippen LogP contribution is 2.67. The van der Waals surface area contributed by atoms with Gasteiger partial charge in [-0.3, -0.25) is 14.4 Å². The van der Waals surface area contributed by atoms with Crippen molar-refractivity contribution in [1.82, 2.24) is 0 Å². The number of carboxylic acids is 1. The summed E-state index contributed by atoms with van der Waals surface area (Å²) in [6, 6.07) is 0. The van der Waals surface area contributed by atoms with Gasteiger partial charge < -0.3 is 9.84 Å². The minimum atomic E-state index is -1.10. The van der Waals surface area contributed by atoms with Crippen molar-refractivity contribution in [2.45, 2.75) is 131 Å². The van der Waals surface area contributed by atoms with Crippen LogP contribution in [0.2, 0.25) is 0 Å². The SMILES string of the molecule is CC[C@H](CC[C@@H](C)[C@H]1CC[C@H]2[C@@H]3CC=C4C[C@@H](OC(=O)C(CC(=O)O)CC(=O)S)CC[C@]4(C)[C@H]3CC[C@]12C)C(C)C. The summed E-state index contributed by atoms with van der Waals surface area (Å²) >= 11 is 3.77. The smallest absolute Gasteiger partial charge is 0.310 e. The van der Waals surface area contributed by atoms with Crippen LogP contribution in [0.1, 0.15) is 125 Å². The Labute approximate surface area is 254 Å². The van der Waals surface area contributed by atoms with Crippen LogP contribution in [0.4, 0.5) is 0 Å². The van der Waals surface area contributed by atoms with Crippen molar-refractivity contribution < 1.29 is 24.2 Å². The number of ether oxygens (including phenoxy) is 1. The molecule has 1 N–H and O–H groups in total. The first-order chi connectivity index (χ1) is 19.3. The van der Waals surface area contributed by atoms with Crippen molar-refractivity contribution in [3.05, 3.63) is 11.6 Å². The van der Waals surface area contributed by atoms with E-state index < -0.39 is 29.4 Å². The maximum Gasteiger partial charge on any atom is 0.310 e. The molecule has 0 bridgehead atoms. The molecule has 6 heteroatoms. The molecule has 0 aliphatic heterocycles. The predicted molar refractivity (Wildman–Crippen MR) is 166 cm³/mol. The van der Waals surface area contributed by atoms with Crippen LogP contribution >= 0.6 is 12.6 Å². The summed E-state index contributed by atoms with van der Waals surface area (Å²) in [7, 11) is 0. The van der Waals surface area contributed by atoms with Crippen molar-refractivity contribution in [1.29, 1.82) is 0 Å². The van der Waals surface area contributed by atoms with Gasteiger partial charge in [0.1, 0.15) is 6.10 Å². The molecule has 0 spiro atoms. The van der Waals surface area contributed by atoms with E-state index in [1.54, 1.807) is 0 Å². The van der Waals surface area contributed by atoms with Crippen LogP contribution in [-0.2, 0) is 19.1 Å². The summed E-state index contributed by atoms with van der Waals surface area (Å²) in [5.41, 5.74) is 2.05. The highest BCUT2D eigenvalue weighted by molar-refractivity contribution is 7.96. The summed E-state index contributed by atoms with van der Waals surface area (Å²) in [6.45, 7) is 14.8. The van der Waals surface area contributed by atoms with Gasteiger partial charge in [-0.05, 0) is 104 Å². The maximum atomic E-state index is 12.8. The summed E-state index contributed by atoms with van der Waals surface area (Å²) in [5.74, 6) is 2.87. The first-order valence-corrected chi connectivity index (χ1v) is 17.1. The van der Waals surface area contributed by atoms with Gasteiger partial charge in [0, 0.05) is 12.8 Å². The van der Waals surface area contributed by atoms with Gasteiger partial charge in [0.2, 0.25) is 0 Å². The lowest BCUT2D eigenvalue weighted by atomic mass is 9.47. The summed E-state index contributed by atoms with van der Waals surface area (Å²) < 4.78 is 5.84. The minimum absolute atomic E-state index is 0.157. The summed E-state index contributed by atoms with van der Waals surface area (Å²) in [6.07, 6.45) is 14.8. The molecule has 1 unspecified atom stereocenters. The zero-order chi connectivity index (χ0) is 30.1.